The van der Waals surface area contributed by atoms with Crippen LogP contribution in [0.15, 0.2) is 24.3 Å². The van der Waals surface area contributed by atoms with Gasteiger partial charge in [-0.15, -0.1) is 12.3 Å². The molecule has 0 saturated heterocycles. The Kier molecular flexibility index (Phi) is 6.60. The molecule has 0 aliphatic carbocycles. The minimum atomic E-state index is 0.0217. The van der Waals surface area contributed by atoms with E-state index in [4.69, 9.17) is 11.5 Å². The molecule has 1 rings (SSSR count). The van der Waals surface area contributed by atoms with Gasteiger partial charge in [-0.2, -0.15) is 0 Å². The van der Waals surface area contributed by atoms with Crippen molar-refractivity contribution in [1.82, 2.24) is 5.32 Å². The van der Waals surface area contributed by atoms with Gasteiger partial charge >= 0.3 is 0 Å². The molecule has 3 heteroatoms. The van der Waals surface area contributed by atoms with Crippen LogP contribution in [-0.4, -0.2) is 11.0 Å². The Morgan fingerprint density at radius 3 is 2.83 bits per heavy atom. The number of carbonyl (C=O) groups is 1. The number of benzene rings is 1. The molecule has 0 aliphatic heterocycles. The summed E-state index contributed by atoms with van der Waals surface area (Å²) >= 11 is 0. The molecule has 1 aromatic rings. The van der Waals surface area contributed by atoms with Crippen LogP contribution in [0.4, 0.5) is 0 Å². The summed E-state index contributed by atoms with van der Waals surface area (Å²) in [6.45, 7) is 0.523. The van der Waals surface area contributed by atoms with Gasteiger partial charge in [0.25, 0.3) is 0 Å². The molecule has 0 bridgehead atoms. The Morgan fingerprint density at radius 1 is 1.33 bits per heavy atom. The smallest absolute Gasteiger partial charge is 0.220 e. The number of hydrogen-bond donors (Lipinski definition) is 2. The summed E-state index contributed by atoms with van der Waals surface area (Å²) in [6.07, 6.45) is 8.10. The largest absolute Gasteiger partial charge is 0.392 e. The number of unbranched alkanes of at least 4 members (excludes halogenated alkanes) is 2. The molecule has 0 heterocycles. The number of carbonyl (C=O) groups excluding carboxylic acids is 1. The second-order valence-electron chi connectivity index (χ2n) is 4.17. The lowest BCUT2D eigenvalue weighted by molar-refractivity contribution is -0.121. The van der Waals surface area contributed by atoms with Crippen molar-refractivity contribution in [3.05, 3.63) is 35.4 Å². The van der Waals surface area contributed by atoms with Crippen molar-refractivity contribution in [2.24, 2.45) is 0 Å². The highest BCUT2D eigenvalue weighted by Gasteiger charge is 2.01. The van der Waals surface area contributed by atoms with Gasteiger partial charge in [0.15, 0.2) is 0 Å². The van der Waals surface area contributed by atoms with Crippen LogP contribution in [0.3, 0.4) is 0 Å². The minimum absolute atomic E-state index is 0.0217. The summed E-state index contributed by atoms with van der Waals surface area (Å²) in [5, 5.41) is 11.9. The van der Waals surface area contributed by atoms with Crippen LogP contribution in [0.25, 0.3) is 0 Å². The second-order valence-corrected chi connectivity index (χ2v) is 4.17. The Bertz CT molecular complexity index is 421. The fourth-order valence-electron chi connectivity index (χ4n) is 1.64. The van der Waals surface area contributed by atoms with Crippen molar-refractivity contribution in [1.29, 1.82) is 0 Å². The first-order valence-corrected chi connectivity index (χ1v) is 6.15. The Labute approximate surface area is 108 Å². The van der Waals surface area contributed by atoms with E-state index in [2.05, 4.69) is 11.2 Å². The third-order valence-electron chi connectivity index (χ3n) is 2.64. The average molecular weight is 245 g/mol. The molecule has 1 amide bonds. The summed E-state index contributed by atoms with van der Waals surface area (Å²) in [6, 6.07) is 7.54. The van der Waals surface area contributed by atoms with Crippen LogP contribution >= 0.6 is 0 Å². The number of amides is 1. The van der Waals surface area contributed by atoms with E-state index in [9.17, 15) is 4.79 Å². The van der Waals surface area contributed by atoms with Gasteiger partial charge in [-0.05, 0) is 24.0 Å². The molecular weight excluding hydrogens is 226 g/mol. The lowest BCUT2D eigenvalue weighted by Gasteiger charge is -2.06. The fraction of sp³-hybridized carbons (Fsp3) is 0.400. The average Bonchev–Trinajstić information content (AvgIpc) is 2.41. The van der Waals surface area contributed by atoms with Crippen LogP contribution in [0, 0.1) is 12.3 Å². The van der Waals surface area contributed by atoms with Crippen molar-refractivity contribution in [2.75, 3.05) is 0 Å². The Morgan fingerprint density at radius 2 is 2.11 bits per heavy atom. The van der Waals surface area contributed by atoms with Gasteiger partial charge in [-0.1, -0.05) is 24.3 Å². The summed E-state index contributed by atoms with van der Waals surface area (Å²) in [5.74, 6) is 2.60. The molecule has 3 nitrogen and oxygen atoms in total. The Balaban J connectivity index is 2.27. The van der Waals surface area contributed by atoms with Gasteiger partial charge in [0.1, 0.15) is 0 Å². The topological polar surface area (TPSA) is 49.3 Å². The highest BCUT2D eigenvalue weighted by atomic mass is 16.3. The maximum absolute atomic E-state index is 11.5. The number of nitrogens with one attached hydrogen (secondary N) is 1. The van der Waals surface area contributed by atoms with Crippen LogP contribution in [0.1, 0.15) is 36.8 Å². The monoisotopic (exact) mass is 245 g/mol. The minimum Gasteiger partial charge on any atom is -0.392 e. The second kappa shape index (κ2) is 8.32. The third kappa shape index (κ3) is 5.51. The quantitative estimate of drug-likeness (QED) is 0.570. The lowest BCUT2D eigenvalue weighted by atomic mass is 10.1. The third-order valence-corrected chi connectivity index (χ3v) is 2.64. The zero-order chi connectivity index (χ0) is 13.2. The maximum Gasteiger partial charge on any atom is 0.220 e. The van der Waals surface area contributed by atoms with Crippen LogP contribution in [-0.2, 0) is 17.9 Å². The number of aliphatic hydroxyl groups excluding tert-OH is 1. The SMILES string of the molecule is C#CCCCCC(=O)NCc1cccc(CO)c1. The van der Waals surface area contributed by atoms with Gasteiger partial charge in [-0.3, -0.25) is 4.79 Å². The molecule has 0 atom stereocenters. The van der Waals surface area contributed by atoms with Crippen molar-refractivity contribution in [3.8, 4) is 12.3 Å². The van der Waals surface area contributed by atoms with Crippen LogP contribution in [0.2, 0.25) is 0 Å². The van der Waals surface area contributed by atoms with E-state index >= 15 is 0 Å². The lowest BCUT2D eigenvalue weighted by Crippen LogP contribution is -2.22. The molecule has 0 unspecified atom stereocenters. The van der Waals surface area contributed by atoms with E-state index in [0.717, 1.165) is 30.4 Å². The van der Waals surface area contributed by atoms with Crippen LogP contribution in [0.5, 0.6) is 0 Å². The molecule has 2 N–H and O–H groups in total. The predicted octanol–water partition coefficient (Wildman–Crippen LogP) is 1.99. The van der Waals surface area contributed by atoms with Gasteiger partial charge in [0.05, 0.1) is 6.61 Å². The van der Waals surface area contributed by atoms with Gasteiger partial charge in [0.2, 0.25) is 5.91 Å². The molecule has 0 saturated carbocycles. The van der Waals surface area contributed by atoms with Crippen LogP contribution < -0.4 is 5.32 Å². The summed E-state index contributed by atoms with van der Waals surface area (Å²) in [5.41, 5.74) is 1.86. The Hall–Kier alpha value is -1.79. The van der Waals surface area contributed by atoms with E-state index in [-0.39, 0.29) is 12.5 Å². The zero-order valence-corrected chi connectivity index (χ0v) is 10.5. The molecule has 0 aromatic heterocycles. The molecule has 0 radical (unpaired) electrons. The molecule has 0 aliphatic rings. The summed E-state index contributed by atoms with van der Waals surface area (Å²) in [4.78, 5) is 11.5. The van der Waals surface area contributed by atoms with Crippen molar-refractivity contribution < 1.29 is 9.90 Å². The standard InChI is InChI=1S/C15H19NO2/c1-2-3-4-5-9-15(18)16-11-13-7-6-8-14(10-13)12-17/h1,6-8,10,17H,3-5,9,11-12H2,(H,16,18). The molecule has 0 fully saturated rings. The number of hydrogen-bond acceptors (Lipinski definition) is 2. The predicted molar refractivity (Wildman–Crippen MR) is 71.5 cm³/mol. The summed E-state index contributed by atoms with van der Waals surface area (Å²) in [7, 11) is 0. The zero-order valence-electron chi connectivity index (χ0n) is 10.5. The number of rotatable bonds is 7. The van der Waals surface area contributed by atoms with Gasteiger partial charge in [-0.25, -0.2) is 0 Å². The number of aliphatic hydroxyl groups is 1. The first-order valence-electron chi connectivity index (χ1n) is 6.15. The molecule has 18 heavy (non-hydrogen) atoms. The maximum atomic E-state index is 11.5. The first-order chi connectivity index (χ1) is 8.76. The van der Waals surface area contributed by atoms with E-state index in [1.54, 1.807) is 0 Å². The fourth-order valence-corrected chi connectivity index (χ4v) is 1.64. The van der Waals surface area contributed by atoms with Crippen molar-refractivity contribution in [3.63, 3.8) is 0 Å². The molecule has 0 spiro atoms. The van der Waals surface area contributed by atoms with Gasteiger partial charge < -0.3 is 10.4 Å². The molecule has 1 aromatic carbocycles. The highest BCUT2D eigenvalue weighted by Crippen LogP contribution is 2.05. The first kappa shape index (κ1) is 14.3. The normalized spacial score (nSPS) is 9.78. The van der Waals surface area contributed by atoms with Gasteiger partial charge in [0, 0.05) is 19.4 Å². The summed E-state index contributed by atoms with van der Waals surface area (Å²) < 4.78 is 0. The molecule has 96 valence electrons. The number of terminal acetylenes is 1. The van der Waals surface area contributed by atoms with E-state index in [1.807, 2.05) is 24.3 Å². The highest BCUT2D eigenvalue weighted by molar-refractivity contribution is 5.75. The van der Waals surface area contributed by atoms with E-state index < -0.39 is 0 Å². The van der Waals surface area contributed by atoms with E-state index in [1.165, 1.54) is 0 Å². The molecular formula is C15H19NO2. The van der Waals surface area contributed by atoms with E-state index in [0.29, 0.717) is 13.0 Å². The van der Waals surface area contributed by atoms with Crippen molar-refractivity contribution in [2.45, 2.75) is 38.8 Å². The van der Waals surface area contributed by atoms with Crippen molar-refractivity contribution >= 4 is 5.91 Å².